The molecule has 0 spiro atoms. The summed E-state index contributed by atoms with van der Waals surface area (Å²) in [6.07, 6.45) is 2.22. The zero-order valence-electron chi connectivity index (χ0n) is 11.3. The highest BCUT2D eigenvalue weighted by atomic mass is 16.5. The van der Waals surface area contributed by atoms with Gasteiger partial charge in [-0.25, -0.2) is 0 Å². The van der Waals surface area contributed by atoms with Crippen molar-refractivity contribution in [3.8, 4) is 11.5 Å². The molecule has 3 N–H and O–H groups in total. The van der Waals surface area contributed by atoms with Crippen molar-refractivity contribution in [2.24, 2.45) is 0 Å². The molecule has 1 aromatic carbocycles. The average molecular weight is 266 g/mol. The Hall–Kier alpha value is -1.46. The number of nitrogens with two attached hydrogens (primary N) is 1. The molecule has 5 nitrogen and oxygen atoms in total. The summed E-state index contributed by atoms with van der Waals surface area (Å²) in [5, 5.41) is 9.25. The minimum Gasteiger partial charge on any atom is -0.493 e. The number of nitrogens with zero attached hydrogens (tertiary/aromatic N) is 1. The fraction of sp³-hybridized carbons (Fsp3) is 0.571. The van der Waals surface area contributed by atoms with E-state index in [1.54, 1.807) is 19.2 Å². The van der Waals surface area contributed by atoms with E-state index in [9.17, 15) is 5.11 Å². The predicted molar refractivity (Wildman–Crippen MR) is 74.6 cm³/mol. The van der Waals surface area contributed by atoms with E-state index in [-0.39, 0.29) is 12.6 Å². The van der Waals surface area contributed by atoms with Gasteiger partial charge in [-0.15, -0.1) is 0 Å². The molecule has 1 aliphatic heterocycles. The molecule has 0 saturated carbocycles. The topological polar surface area (TPSA) is 68.0 Å². The van der Waals surface area contributed by atoms with Crippen LogP contribution in [0.5, 0.6) is 11.5 Å². The van der Waals surface area contributed by atoms with E-state index < -0.39 is 0 Å². The summed E-state index contributed by atoms with van der Waals surface area (Å²) in [5.74, 6) is 1.36. The Morgan fingerprint density at radius 1 is 1.42 bits per heavy atom. The van der Waals surface area contributed by atoms with E-state index in [0.717, 1.165) is 25.9 Å². The zero-order valence-corrected chi connectivity index (χ0v) is 11.3. The first kappa shape index (κ1) is 14.0. The van der Waals surface area contributed by atoms with Gasteiger partial charge in [0.1, 0.15) is 6.61 Å². The van der Waals surface area contributed by atoms with Crippen molar-refractivity contribution < 1.29 is 14.6 Å². The third-order valence-electron chi connectivity index (χ3n) is 3.53. The number of nitrogen functional groups attached to an aromatic ring is 1. The van der Waals surface area contributed by atoms with Gasteiger partial charge in [0.05, 0.1) is 13.7 Å². The monoisotopic (exact) mass is 266 g/mol. The molecule has 1 atom stereocenters. The van der Waals surface area contributed by atoms with Crippen LogP contribution in [0.15, 0.2) is 18.2 Å². The Morgan fingerprint density at radius 3 is 3.00 bits per heavy atom. The van der Waals surface area contributed by atoms with Crippen LogP contribution in [-0.4, -0.2) is 49.5 Å². The second-order valence-electron chi connectivity index (χ2n) is 4.77. The van der Waals surface area contributed by atoms with Crippen LogP contribution in [0.1, 0.15) is 12.8 Å². The number of aliphatic hydroxyl groups excluding tert-OH is 1. The average Bonchev–Trinajstić information content (AvgIpc) is 2.87. The third kappa shape index (κ3) is 3.52. The van der Waals surface area contributed by atoms with E-state index >= 15 is 0 Å². The number of hydrogen-bond acceptors (Lipinski definition) is 5. The molecule has 1 aromatic rings. The van der Waals surface area contributed by atoms with Crippen molar-refractivity contribution in [3.63, 3.8) is 0 Å². The van der Waals surface area contributed by atoms with Crippen molar-refractivity contribution in [2.75, 3.05) is 39.1 Å². The second kappa shape index (κ2) is 6.63. The van der Waals surface area contributed by atoms with Gasteiger partial charge in [0.15, 0.2) is 11.5 Å². The van der Waals surface area contributed by atoms with Crippen LogP contribution in [0.3, 0.4) is 0 Å². The molecule has 19 heavy (non-hydrogen) atoms. The molecule has 0 amide bonds. The van der Waals surface area contributed by atoms with Crippen LogP contribution in [0.4, 0.5) is 5.69 Å². The van der Waals surface area contributed by atoms with E-state index in [2.05, 4.69) is 4.90 Å². The van der Waals surface area contributed by atoms with Crippen molar-refractivity contribution in [1.82, 2.24) is 4.90 Å². The third-order valence-corrected chi connectivity index (χ3v) is 3.53. The molecular weight excluding hydrogens is 244 g/mol. The summed E-state index contributed by atoms with van der Waals surface area (Å²) < 4.78 is 11.0. The molecule has 1 heterocycles. The van der Waals surface area contributed by atoms with Gasteiger partial charge in [0.2, 0.25) is 0 Å². The Kier molecular flexibility index (Phi) is 4.87. The maximum Gasteiger partial charge on any atom is 0.162 e. The molecule has 5 heteroatoms. The van der Waals surface area contributed by atoms with Gasteiger partial charge in [-0.2, -0.15) is 0 Å². The second-order valence-corrected chi connectivity index (χ2v) is 4.77. The molecule has 106 valence electrons. The molecule has 0 aromatic heterocycles. The maximum absolute atomic E-state index is 9.25. The lowest BCUT2D eigenvalue weighted by molar-refractivity contribution is 0.138. The van der Waals surface area contributed by atoms with Crippen LogP contribution in [0.25, 0.3) is 0 Å². The highest BCUT2D eigenvalue weighted by Gasteiger charge is 2.23. The molecule has 2 rings (SSSR count). The van der Waals surface area contributed by atoms with Gasteiger partial charge < -0.3 is 20.3 Å². The number of rotatable bonds is 6. The molecule has 0 unspecified atom stereocenters. The van der Waals surface area contributed by atoms with Crippen LogP contribution in [-0.2, 0) is 0 Å². The number of hydrogen-bond donors (Lipinski definition) is 2. The molecule has 0 bridgehead atoms. The molecule has 1 saturated heterocycles. The van der Waals surface area contributed by atoms with Crippen molar-refractivity contribution >= 4 is 5.69 Å². The number of likely N-dealkylation sites (tertiary alicyclic amines) is 1. The molecular formula is C14H22N2O3. The molecule has 1 aliphatic rings. The quantitative estimate of drug-likeness (QED) is 0.755. The minimum absolute atomic E-state index is 0.227. The van der Waals surface area contributed by atoms with Crippen LogP contribution >= 0.6 is 0 Å². The molecule has 0 aliphatic carbocycles. The maximum atomic E-state index is 9.25. The smallest absolute Gasteiger partial charge is 0.162 e. The number of aliphatic hydroxyl groups is 1. The normalized spacial score (nSPS) is 19.6. The van der Waals surface area contributed by atoms with Crippen molar-refractivity contribution in [3.05, 3.63) is 18.2 Å². The fourth-order valence-corrected chi connectivity index (χ4v) is 2.47. The van der Waals surface area contributed by atoms with E-state index in [4.69, 9.17) is 15.2 Å². The Morgan fingerprint density at radius 2 is 2.26 bits per heavy atom. The van der Waals surface area contributed by atoms with Crippen molar-refractivity contribution in [1.29, 1.82) is 0 Å². The number of benzene rings is 1. The molecule has 1 fully saturated rings. The fourth-order valence-electron chi connectivity index (χ4n) is 2.47. The summed E-state index contributed by atoms with van der Waals surface area (Å²) in [7, 11) is 1.60. The van der Waals surface area contributed by atoms with Gasteiger partial charge >= 0.3 is 0 Å². The number of anilines is 1. The highest BCUT2D eigenvalue weighted by molar-refractivity contribution is 5.51. The van der Waals surface area contributed by atoms with E-state index in [1.807, 2.05) is 6.07 Å². The van der Waals surface area contributed by atoms with Crippen molar-refractivity contribution in [2.45, 2.75) is 18.9 Å². The lowest BCUT2D eigenvalue weighted by atomic mass is 10.2. The summed E-state index contributed by atoms with van der Waals surface area (Å²) in [6.45, 7) is 2.66. The standard InChI is InChI=1S/C14H22N2O3/c1-18-14-9-11(15)4-5-13(14)19-8-7-16-6-2-3-12(16)10-17/h4-5,9,12,17H,2-3,6-8,10,15H2,1H3/t12-/m0/s1. The lowest BCUT2D eigenvalue weighted by Gasteiger charge is -2.22. The summed E-state index contributed by atoms with van der Waals surface area (Å²) in [4.78, 5) is 2.27. The first-order valence-corrected chi connectivity index (χ1v) is 6.66. The Bertz CT molecular complexity index is 412. The Labute approximate surface area is 113 Å². The van der Waals surface area contributed by atoms with Gasteiger partial charge in [-0.1, -0.05) is 0 Å². The largest absolute Gasteiger partial charge is 0.493 e. The summed E-state index contributed by atoms with van der Waals surface area (Å²) in [6, 6.07) is 5.66. The van der Waals surface area contributed by atoms with Crippen LogP contribution in [0.2, 0.25) is 0 Å². The summed E-state index contributed by atoms with van der Waals surface area (Å²) >= 11 is 0. The Balaban J connectivity index is 1.85. The minimum atomic E-state index is 0.227. The van der Waals surface area contributed by atoms with Crippen LogP contribution in [0, 0.1) is 0 Å². The number of ether oxygens (including phenoxy) is 2. The van der Waals surface area contributed by atoms with Crippen LogP contribution < -0.4 is 15.2 Å². The first-order valence-electron chi connectivity index (χ1n) is 6.66. The molecule has 0 radical (unpaired) electrons. The first-order chi connectivity index (χ1) is 9.24. The van der Waals surface area contributed by atoms with Gasteiger partial charge in [-0.05, 0) is 31.5 Å². The summed E-state index contributed by atoms with van der Waals surface area (Å²) in [5.41, 5.74) is 6.35. The van der Waals surface area contributed by atoms with E-state index in [0.29, 0.717) is 23.8 Å². The van der Waals surface area contributed by atoms with Gasteiger partial charge in [0.25, 0.3) is 0 Å². The number of methoxy groups -OCH3 is 1. The highest BCUT2D eigenvalue weighted by Crippen LogP contribution is 2.29. The van der Waals surface area contributed by atoms with Gasteiger partial charge in [0, 0.05) is 24.3 Å². The predicted octanol–water partition coefficient (Wildman–Crippen LogP) is 1.11. The zero-order chi connectivity index (χ0) is 13.7. The van der Waals surface area contributed by atoms with E-state index in [1.165, 1.54) is 0 Å². The lowest BCUT2D eigenvalue weighted by Crippen LogP contribution is -2.35. The SMILES string of the molecule is COc1cc(N)ccc1OCCN1CCC[C@H]1CO. The van der Waals surface area contributed by atoms with Gasteiger partial charge in [-0.3, -0.25) is 4.90 Å².